The highest BCUT2D eigenvalue weighted by molar-refractivity contribution is 6.31. The molecule has 0 saturated heterocycles. The number of hydrogen-bond acceptors (Lipinski definition) is 3. The Bertz CT molecular complexity index is 724. The van der Waals surface area contributed by atoms with Gasteiger partial charge in [-0.15, -0.1) is 0 Å². The van der Waals surface area contributed by atoms with Crippen molar-refractivity contribution in [1.82, 2.24) is 10.2 Å². The number of carbonyl (C=O) groups is 1. The molecule has 0 aliphatic carbocycles. The fourth-order valence-corrected chi connectivity index (χ4v) is 2.64. The molecule has 2 rings (SSSR count). The molecule has 0 unspecified atom stereocenters. The van der Waals surface area contributed by atoms with Gasteiger partial charge in [0.15, 0.2) is 11.6 Å². The van der Waals surface area contributed by atoms with E-state index in [2.05, 4.69) is 5.32 Å². The number of nitrogens with zero attached hydrogens (tertiary/aromatic N) is 1. The van der Waals surface area contributed by atoms with Gasteiger partial charge in [0.25, 0.3) is 0 Å². The van der Waals surface area contributed by atoms with E-state index in [-0.39, 0.29) is 18.2 Å². The highest BCUT2D eigenvalue weighted by Gasteiger charge is 2.12. The van der Waals surface area contributed by atoms with Crippen molar-refractivity contribution in [3.63, 3.8) is 0 Å². The van der Waals surface area contributed by atoms with Gasteiger partial charge in [-0.25, -0.2) is 4.39 Å². The summed E-state index contributed by atoms with van der Waals surface area (Å²) in [5, 5.41) is 3.49. The van der Waals surface area contributed by atoms with Crippen LogP contribution in [0.15, 0.2) is 42.5 Å². The first-order chi connectivity index (χ1) is 12.0. The molecule has 134 valence electrons. The number of amides is 1. The number of benzene rings is 2. The van der Waals surface area contributed by atoms with Crippen LogP contribution in [0.2, 0.25) is 5.02 Å². The second-order valence-corrected chi connectivity index (χ2v) is 6.05. The van der Waals surface area contributed by atoms with Crippen LogP contribution in [0.4, 0.5) is 4.39 Å². The number of methoxy groups -OCH3 is 1. The average Bonchev–Trinajstić information content (AvgIpc) is 2.60. The Labute approximate surface area is 152 Å². The zero-order valence-electron chi connectivity index (χ0n) is 14.4. The maximum absolute atomic E-state index is 13.8. The van der Waals surface area contributed by atoms with E-state index in [4.69, 9.17) is 16.3 Å². The van der Waals surface area contributed by atoms with E-state index in [1.165, 1.54) is 13.2 Å². The third-order valence-corrected chi connectivity index (χ3v) is 4.24. The Hall–Kier alpha value is -2.11. The molecule has 4 nitrogen and oxygen atoms in total. The minimum atomic E-state index is -0.403. The minimum Gasteiger partial charge on any atom is -0.494 e. The summed E-state index contributed by atoms with van der Waals surface area (Å²) in [4.78, 5) is 14.1. The summed E-state index contributed by atoms with van der Waals surface area (Å²) >= 11 is 6.08. The smallest absolute Gasteiger partial charge is 0.234 e. The number of likely N-dealkylation sites (N-methyl/N-ethyl adjacent to an activating group) is 1. The molecule has 0 atom stereocenters. The maximum Gasteiger partial charge on any atom is 0.234 e. The van der Waals surface area contributed by atoms with Crippen LogP contribution in [0, 0.1) is 5.82 Å². The predicted octanol–water partition coefficient (Wildman–Crippen LogP) is 3.63. The maximum atomic E-state index is 13.8. The molecule has 0 saturated carbocycles. The summed E-state index contributed by atoms with van der Waals surface area (Å²) in [6.07, 6.45) is 0. The summed E-state index contributed by atoms with van der Waals surface area (Å²) in [5.41, 5.74) is 1.66. The van der Waals surface area contributed by atoms with Gasteiger partial charge in [0.1, 0.15) is 0 Å². The normalized spacial score (nSPS) is 10.8. The lowest BCUT2D eigenvalue weighted by atomic mass is 10.2. The van der Waals surface area contributed by atoms with Crippen LogP contribution in [-0.2, 0) is 17.9 Å². The van der Waals surface area contributed by atoms with E-state index in [1.807, 2.05) is 30.0 Å². The molecule has 1 N–H and O–H groups in total. The largest absolute Gasteiger partial charge is 0.494 e. The first-order valence-electron chi connectivity index (χ1n) is 8.08. The summed E-state index contributed by atoms with van der Waals surface area (Å²) in [7, 11) is 1.43. The molecule has 6 heteroatoms. The van der Waals surface area contributed by atoms with Crippen LogP contribution in [0.25, 0.3) is 0 Å². The zero-order chi connectivity index (χ0) is 18.2. The van der Waals surface area contributed by atoms with Gasteiger partial charge in [-0.2, -0.15) is 0 Å². The number of rotatable bonds is 8. The molecule has 2 aromatic carbocycles. The van der Waals surface area contributed by atoms with Crippen molar-refractivity contribution in [3.05, 3.63) is 64.4 Å². The first kappa shape index (κ1) is 19.2. The summed E-state index contributed by atoms with van der Waals surface area (Å²) in [5.74, 6) is -0.292. The molecular formula is C19H22ClFN2O2. The zero-order valence-corrected chi connectivity index (χ0v) is 15.1. The Balaban J connectivity index is 1.89. The van der Waals surface area contributed by atoms with Gasteiger partial charge < -0.3 is 10.1 Å². The van der Waals surface area contributed by atoms with Crippen molar-refractivity contribution in [2.45, 2.75) is 20.0 Å². The molecule has 2 aromatic rings. The second-order valence-electron chi connectivity index (χ2n) is 5.64. The SMILES string of the molecule is CCN(CC(=O)NCc1ccccc1Cl)Cc1ccc(OC)c(F)c1. The highest BCUT2D eigenvalue weighted by atomic mass is 35.5. The van der Waals surface area contributed by atoms with Gasteiger partial charge in [-0.1, -0.05) is 42.8 Å². The molecule has 0 radical (unpaired) electrons. The van der Waals surface area contributed by atoms with Crippen molar-refractivity contribution in [3.8, 4) is 5.75 Å². The Morgan fingerprint density at radius 2 is 2.04 bits per heavy atom. The van der Waals surface area contributed by atoms with Crippen LogP contribution in [0.5, 0.6) is 5.75 Å². The van der Waals surface area contributed by atoms with E-state index >= 15 is 0 Å². The van der Waals surface area contributed by atoms with Gasteiger partial charge in [0.2, 0.25) is 5.91 Å². The molecule has 0 aliphatic rings. The van der Waals surface area contributed by atoms with E-state index < -0.39 is 5.82 Å². The lowest BCUT2D eigenvalue weighted by molar-refractivity contribution is -0.122. The molecule has 0 aromatic heterocycles. The fourth-order valence-electron chi connectivity index (χ4n) is 2.44. The number of halogens is 2. The van der Waals surface area contributed by atoms with Crippen molar-refractivity contribution in [1.29, 1.82) is 0 Å². The van der Waals surface area contributed by atoms with Gasteiger partial charge in [0.05, 0.1) is 13.7 Å². The van der Waals surface area contributed by atoms with Crippen LogP contribution < -0.4 is 10.1 Å². The van der Waals surface area contributed by atoms with Crippen molar-refractivity contribution >= 4 is 17.5 Å². The topological polar surface area (TPSA) is 41.6 Å². The lowest BCUT2D eigenvalue weighted by Crippen LogP contribution is -2.36. The third-order valence-electron chi connectivity index (χ3n) is 3.87. The Morgan fingerprint density at radius 1 is 1.28 bits per heavy atom. The molecular weight excluding hydrogens is 343 g/mol. The first-order valence-corrected chi connectivity index (χ1v) is 8.46. The number of nitrogens with one attached hydrogen (secondary N) is 1. The number of ether oxygens (including phenoxy) is 1. The standard InChI is InChI=1S/C19H22ClFN2O2/c1-3-23(12-14-8-9-18(25-2)17(21)10-14)13-19(24)22-11-15-6-4-5-7-16(15)20/h4-10H,3,11-13H2,1-2H3,(H,22,24). The van der Waals surface area contributed by atoms with Gasteiger partial charge in [-0.3, -0.25) is 9.69 Å². The van der Waals surface area contributed by atoms with Crippen LogP contribution in [0.1, 0.15) is 18.1 Å². The van der Waals surface area contributed by atoms with Crippen LogP contribution in [0.3, 0.4) is 0 Å². The summed E-state index contributed by atoms with van der Waals surface area (Å²) in [6.45, 7) is 3.73. The molecule has 0 spiro atoms. The van der Waals surface area contributed by atoms with Crippen molar-refractivity contribution in [2.75, 3.05) is 20.2 Å². The van der Waals surface area contributed by atoms with E-state index in [9.17, 15) is 9.18 Å². The third kappa shape index (κ3) is 5.73. The van der Waals surface area contributed by atoms with Crippen LogP contribution >= 0.6 is 11.6 Å². The van der Waals surface area contributed by atoms with Crippen LogP contribution in [-0.4, -0.2) is 31.0 Å². The monoisotopic (exact) mass is 364 g/mol. The average molecular weight is 365 g/mol. The summed E-state index contributed by atoms with van der Waals surface area (Å²) in [6, 6.07) is 12.2. The number of carbonyl (C=O) groups excluding carboxylic acids is 1. The highest BCUT2D eigenvalue weighted by Crippen LogP contribution is 2.18. The molecule has 1 amide bonds. The molecule has 0 aliphatic heterocycles. The molecule has 0 bridgehead atoms. The molecule has 0 heterocycles. The van der Waals surface area contributed by atoms with Gasteiger partial charge >= 0.3 is 0 Å². The van der Waals surface area contributed by atoms with E-state index in [0.29, 0.717) is 24.7 Å². The molecule has 25 heavy (non-hydrogen) atoms. The van der Waals surface area contributed by atoms with E-state index in [0.717, 1.165) is 11.1 Å². The number of hydrogen-bond donors (Lipinski definition) is 1. The Kier molecular flexibility index (Phi) is 7.22. The van der Waals surface area contributed by atoms with Gasteiger partial charge in [-0.05, 0) is 35.9 Å². The fraction of sp³-hybridized carbons (Fsp3) is 0.316. The second kappa shape index (κ2) is 9.39. The predicted molar refractivity (Wildman–Crippen MR) is 97.2 cm³/mol. The molecule has 0 fully saturated rings. The minimum absolute atomic E-state index is 0.101. The summed E-state index contributed by atoms with van der Waals surface area (Å²) < 4.78 is 18.7. The Morgan fingerprint density at radius 3 is 2.68 bits per heavy atom. The van der Waals surface area contributed by atoms with Crippen molar-refractivity contribution in [2.24, 2.45) is 0 Å². The van der Waals surface area contributed by atoms with Gasteiger partial charge in [0, 0.05) is 18.1 Å². The lowest BCUT2D eigenvalue weighted by Gasteiger charge is -2.20. The quantitative estimate of drug-likeness (QED) is 0.777. The van der Waals surface area contributed by atoms with E-state index in [1.54, 1.807) is 18.2 Å². The van der Waals surface area contributed by atoms with Crippen molar-refractivity contribution < 1.29 is 13.9 Å².